The summed E-state index contributed by atoms with van der Waals surface area (Å²) in [5.41, 5.74) is 5.60. The fourth-order valence-corrected chi connectivity index (χ4v) is 2.84. The highest BCUT2D eigenvalue weighted by atomic mass is 16.6. The molecule has 3 rings (SSSR count). The molecular formula is C22H19N7O4. The van der Waals surface area contributed by atoms with Gasteiger partial charge >= 0.3 is 0 Å². The lowest BCUT2D eigenvalue weighted by atomic mass is 10.1. The number of non-ortho nitro benzene ring substituents is 1. The van der Waals surface area contributed by atoms with Gasteiger partial charge in [0.25, 0.3) is 5.69 Å². The molecular weight excluding hydrogens is 426 g/mol. The van der Waals surface area contributed by atoms with Crippen molar-refractivity contribution in [1.82, 2.24) is 4.98 Å². The number of phenolic OH excluding ortho intramolecular Hbond substituents is 1. The topological polar surface area (TPSA) is 158 Å². The Bertz CT molecular complexity index is 1260. The van der Waals surface area contributed by atoms with Gasteiger partial charge in [-0.1, -0.05) is 0 Å². The Labute approximate surface area is 188 Å². The number of anilines is 1. The molecule has 1 aromatic heterocycles. The number of hydrogen-bond acceptors (Lipinski definition) is 10. The third kappa shape index (κ3) is 5.93. The number of azo groups is 1. The minimum atomic E-state index is -0.495. The maximum Gasteiger partial charge on any atom is 0.269 e. The summed E-state index contributed by atoms with van der Waals surface area (Å²) < 4.78 is 5.13. The van der Waals surface area contributed by atoms with Crippen molar-refractivity contribution in [3.8, 4) is 11.8 Å². The SMILES string of the molecule is COCc1cc(C)nc(N/N=C/c2cc(N=Nc3ccc([N+](=O)[O-])cc3)ccc2O)c1C#N. The Hall–Kier alpha value is -4.69. The van der Waals surface area contributed by atoms with Gasteiger partial charge in [0.15, 0.2) is 5.82 Å². The number of nitrogens with one attached hydrogen (secondary N) is 1. The molecule has 11 nitrogen and oxygen atoms in total. The van der Waals surface area contributed by atoms with E-state index in [1.54, 1.807) is 25.1 Å². The van der Waals surface area contributed by atoms with Crippen LogP contribution in [0.3, 0.4) is 0 Å². The van der Waals surface area contributed by atoms with Crippen molar-refractivity contribution in [3.05, 3.63) is 81.0 Å². The summed E-state index contributed by atoms with van der Waals surface area (Å²) in [6, 6.07) is 14.0. The highest BCUT2D eigenvalue weighted by molar-refractivity contribution is 5.85. The van der Waals surface area contributed by atoms with Crippen LogP contribution in [0.2, 0.25) is 0 Å². The number of benzene rings is 2. The number of nitro benzene ring substituents is 1. The summed E-state index contributed by atoms with van der Waals surface area (Å²) in [6.07, 6.45) is 1.36. The third-order valence-electron chi connectivity index (χ3n) is 4.37. The lowest BCUT2D eigenvalue weighted by Crippen LogP contribution is -2.03. The second kappa shape index (κ2) is 10.6. The van der Waals surface area contributed by atoms with Crippen molar-refractivity contribution in [2.75, 3.05) is 12.5 Å². The van der Waals surface area contributed by atoms with Crippen LogP contribution in [0.25, 0.3) is 0 Å². The molecule has 0 fully saturated rings. The first kappa shape index (κ1) is 23.0. The molecule has 33 heavy (non-hydrogen) atoms. The number of phenols is 1. The summed E-state index contributed by atoms with van der Waals surface area (Å²) in [4.78, 5) is 14.5. The minimum Gasteiger partial charge on any atom is -0.507 e. The first-order valence-corrected chi connectivity index (χ1v) is 9.59. The largest absolute Gasteiger partial charge is 0.507 e. The number of nitro groups is 1. The Kier molecular flexibility index (Phi) is 7.35. The van der Waals surface area contributed by atoms with Gasteiger partial charge in [-0.3, -0.25) is 15.5 Å². The first-order valence-electron chi connectivity index (χ1n) is 9.59. The van der Waals surface area contributed by atoms with E-state index in [0.717, 1.165) is 0 Å². The second-order valence-electron chi connectivity index (χ2n) is 6.78. The van der Waals surface area contributed by atoms with Crippen LogP contribution in [-0.2, 0) is 11.3 Å². The fraction of sp³-hybridized carbons (Fsp3) is 0.136. The van der Waals surface area contributed by atoms with Crippen molar-refractivity contribution in [3.63, 3.8) is 0 Å². The third-order valence-corrected chi connectivity index (χ3v) is 4.37. The van der Waals surface area contributed by atoms with Gasteiger partial charge in [0.05, 0.1) is 29.1 Å². The molecule has 0 unspecified atom stereocenters. The molecule has 2 N–H and O–H groups in total. The van der Waals surface area contributed by atoms with Crippen molar-refractivity contribution < 1.29 is 14.8 Å². The molecule has 1 heterocycles. The predicted molar refractivity (Wildman–Crippen MR) is 121 cm³/mol. The lowest BCUT2D eigenvalue weighted by Gasteiger charge is -2.09. The van der Waals surface area contributed by atoms with E-state index in [4.69, 9.17) is 4.74 Å². The average molecular weight is 445 g/mol. The average Bonchev–Trinajstić information content (AvgIpc) is 2.79. The van der Waals surface area contributed by atoms with E-state index in [1.165, 1.54) is 43.7 Å². The van der Waals surface area contributed by atoms with E-state index in [9.17, 15) is 20.5 Å². The highest BCUT2D eigenvalue weighted by Gasteiger charge is 2.11. The summed E-state index contributed by atoms with van der Waals surface area (Å²) in [5.74, 6) is 0.238. The number of hydrogen-bond donors (Lipinski definition) is 2. The number of pyridine rings is 1. The normalized spacial score (nSPS) is 11.1. The number of aromatic nitrogens is 1. The van der Waals surface area contributed by atoms with Gasteiger partial charge in [0, 0.05) is 36.1 Å². The molecule has 0 saturated heterocycles. The molecule has 0 radical (unpaired) electrons. The predicted octanol–water partition coefficient (Wildman–Crippen LogP) is 4.88. The molecule has 0 aliphatic rings. The monoisotopic (exact) mass is 445 g/mol. The first-order chi connectivity index (χ1) is 15.9. The molecule has 3 aromatic rings. The van der Waals surface area contributed by atoms with Crippen LogP contribution in [0.5, 0.6) is 5.75 Å². The van der Waals surface area contributed by atoms with E-state index >= 15 is 0 Å². The van der Waals surface area contributed by atoms with Crippen LogP contribution in [0.1, 0.15) is 22.4 Å². The van der Waals surface area contributed by atoms with Crippen LogP contribution in [-0.4, -0.2) is 28.3 Å². The van der Waals surface area contributed by atoms with Gasteiger partial charge in [0.1, 0.15) is 17.4 Å². The number of aromatic hydroxyl groups is 1. The Morgan fingerprint density at radius 3 is 2.58 bits per heavy atom. The molecule has 0 amide bonds. The second-order valence-corrected chi connectivity index (χ2v) is 6.78. The molecule has 0 spiro atoms. The van der Waals surface area contributed by atoms with Crippen molar-refractivity contribution in [2.45, 2.75) is 13.5 Å². The number of nitrogens with zero attached hydrogens (tertiary/aromatic N) is 6. The van der Waals surface area contributed by atoms with Crippen LogP contribution >= 0.6 is 0 Å². The Morgan fingerprint density at radius 1 is 1.21 bits per heavy atom. The lowest BCUT2D eigenvalue weighted by molar-refractivity contribution is -0.384. The summed E-state index contributed by atoms with van der Waals surface area (Å²) in [7, 11) is 1.54. The zero-order chi connectivity index (χ0) is 23.8. The zero-order valence-electron chi connectivity index (χ0n) is 17.8. The summed E-state index contributed by atoms with van der Waals surface area (Å²) >= 11 is 0. The minimum absolute atomic E-state index is 0.0346. The van der Waals surface area contributed by atoms with E-state index in [0.29, 0.717) is 33.8 Å². The van der Waals surface area contributed by atoms with Crippen LogP contribution in [0, 0.1) is 28.4 Å². The van der Waals surface area contributed by atoms with Gasteiger partial charge in [-0.15, -0.1) is 0 Å². The number of hydrazone groups is 1. The maximum atomic E-state index is 10.7. The van der Waals surface area contributed by atoms with Crippen LogP contribution in [0.4, 0.5) is 22.9 Å². The van der Waals surface area contributed by atoms with Crippen molar-refractivity contribution >= 4 is 29.1 Å². The summed E-state index contributed by atoms with van der Waals surface area (Å²) in [6.45, 7) is 2.05. The number of aryl methyl sites for hydroxylation is 1. The number of nitriles is 1. The van der Waals surface area contributed by atoms with Gasteiger partial charge in [-0.25, -0.2) is 4.98 Å². The fourth-order valence-electron chi connectivity index (χ4n) is 2.84. The maximum absolute atomic E-state index is 10.7. The number of ether oxygens (including phenoxy) is 1. The smallest absolute Gasteiger partial charge is 0.269 e. The van der Waals surface area contributed by atoms with Gasteiger partial charge in [0.2, 0.25) is 0 Å². The molecule has 166 valence electrons. The van der Waals surface area contributed by atoms with E-state index in [1.807, 2.05) is 0 Å². The molecule has 0 saturated carbocycles. The molecule has 0 bridgehead atoms. The van der Waals surface area contributed by atoms with E-state index < -0.39 is 4.92 Å². The molecule has 2 aromatic carbocycles. The molecule has 0 aliphatic heterocycles. The zero-order valence-corrected chi connectivity index (χ0v) is 17.8. The van der Waals surface area contributed by atoms with Gasteiger partial charge in [-0.05, 0) is 43.3 Å². The standard InChI is InChI=1S/C22H19N7O4/c1-14-9-16(13-33-2)20(11-23)22(25-14)28-24-12-15-10-18(5-8-21(15)30)27-26-17-3-6-19(7-4-17)29(31)32/h3-10,12,30H,13H2,1-2H3,(H,25,28)/b24-12+,27-26?. The highest BCUT2D eigenvalue weighted by Crippen LogP contribution is 2.25. The van der Waals surface area contributed by atoms with Crippen LogP contribution in [0.15, 0.2) is 63.9 Å². The van der Waals surface area contributed by atoms with Crippen molar-refractivity contribution in [1.29, 1.82) is 5.26 Å². The Morgan fingerprint density at radius 2 is 1.91 bits per heavy atom. The van der Waals surface area contributed by atoms with Gasteiger partial charge in [-0.2, -0.15) is 20.6 Å². The van der Waals surface area contributed by atoms with Crippen LogP contribution < -0.4 is 5.43 Å². The number of rotatable bonds is 8. The van der Waals surface area contributed by atoms with Crippen molar-refractivity contribution in [2.24, 2.45) is 15.3 Å². The summed E-state index contributed by atoms with van der Waals surface area (Å²) in [5, 5.41) is 42.5. The van der Waals surface area contributed by atoms with E-state index in [-0.39, 0.29) is 23.9 Å². The van der Waals surface area contributed by atoms with Gasteiger partial charge < -0.3 is 9.84 Å². The number of methoxy groups -OCH3 is 1. The Balaban J connectivity index is 1.78. The molecule has 11 heteroatoms. The quantitative estimate of drug-likeness (QED) is 0.216. The molecule has 0 atom stereocenters. The van der Waals surface area contributed by atoms with E-state index in [2.05, 4.69) is 31.8 Å². The molecule has 0 aliphatic carbocycles.